The Bertz CT molecular complexity index is 73.7. The molecule has 1 unspecified atom stereocenters. The number of unbranched alkanes of at least 4 members (excludes halogenated alkanes) is 1. The molecular weight excluding hydrogens is 126 g/mol. The van der Waals surface area contributed by atoms with E-state index in [-0.39, 0.29) is 0 Å². The van der Waals surface area contributed by atoms with Crippen LogP contribution in [0.25, 0.3) is 0 Å². The minimum atomic E-state index is 0.620. The molecule has 1 N–H and O–H groups in total. The van der Waals surface area contributed by atoms with Crippen LogP contribution in [-0.4, -0.2) is 23.9 Å². The first-order chi connectivity index (χ1) is 4.66. The van der Waals surface area contributed by atoms with Crippen molar-refractivity contribution in [2.24, 2.45) is 5.92 Å². The SMILES string of the molecule is CCCCC(C)CN(C)O. The smallest absolute Gasteiger partial charge is 0.0260 e. The normalized spacial score (nSPS) is 14.1. The molecule has 10 heavy (non-hydrogen) atoms. The van der Waals surface area contributed by atoms with Gasteiger partial charge in [-0.2, -0.15) is 5.06 Å². The van der Waals surface area contributed by atoms with E-state index in [4.69, 9.17) is 5.21 Å². The van der Waals surface area contributed by atoms with E-state index in [1.165, 1.54) is 24.3 Å². The zero-order chi connectivity index (χ0) is 7.98. The van der Waals surface area contributed by atoms with Crippen LogP contribution in [0.4, 0.5) is 0 Å². The van der Waals surface area contributed by atoms with Crippen molar-refractivity contribution in [3.63, 3.8) is 0 Å². The highest BCUT2D eigenvalue weighted by atomic mass is 16.5. The monoisotopic (exact) mass is 145 g/mol. The van der Waals surface area contributed by atoms with E-state index in [1.807, 2.05) is 0 Å². The molecular formula is C8H19NO. The van der Waals surface area contributed by atoms with Crippen molar-refractivity contribution >= 4 is 0 Å². The van der Waals surface area contributed by atoms with Crippen LogP contribution in [0.5, 0.6) is 0 Å². The lowest BCUT2D eigenvalue weighted by atomic mass is 10.0. The van der Waals surface area contributed by atoms with Crippen LogP contribution in [-0.2, 0) is 0 Å². The number of rotatable bonds is 5. The highest BCUT2D eigenvalue weighted by molar-refractivity contribution is 4.53. The molecule has 0 bridgehead atoms. The Labute approximate surface area is 63.8 Å². The fraction of sp³-hybridized carbons (Fsp3) is 1.00. The molecule has 0 saturated carbocycles. The Balaban J connectivity index is 3.16. The molecule has 0 radical (unpaired) electrons. The zero-order valence-electron chi connectivity index (χ0n) is 7.30. The van der Waals surface area contributed by atoms with Crippen molar-refractivity contribution in [2.45, 2.75) is 33.1 Å². The molecule has 0 aliphatic heterocycles. The van der Waals surface area contributed by atoms with Gasteiger partial charge in [0, 0.05) is 13.6 Å². The average Bonchev–Trinajstić information content (AvgIpc) is 1.82. The van der Waals surface area contributed by atoms with Gasteiger partial charge in [-0.05, 0) is 12.3 Å². The van der Waals surface area contributed by atoms with Gasteiger partial charge in [-0.1, -0.05) is 26.7 Å². The maximum Gasteiger partial charge on any atom is 0.0260 e. The second kappa shape index (κ2) is 5.69. The number of hydrogen-bond donors (Lipinski definition) is 1. The van der Waals surface area contributed by atoms with E-state index >= 15 is 0 Å². The van der Waals surface area contributed by atoms with Crippen molar-refractivity contribution in [1.29, 1.82) is 0 Å². The summed E-state index contributed by atoms with van der Waals surface area (Å²) in [7, 11) is 1.70. The molecule has 2 nitrogen and oxygen atoms in total. The molecule has 0 aromatic rings. The zero-order valence-corrected chi connectivity index (χ0v) is 7.30. The first-order valence-corrected chi connectivity index (χ1v) is 4.06. The van der Waals surface area contributed by atoms with Crippen LogP contribution in [0, 0.1) is 5.92 Å². The molecule has 0 aliphatic carbocycles. The summed E-state index contributed by atoms with van der Waals surface area (Å²) < 4.78 is 0. The number of hydroxylamine groups is 2. The lowest BCUT2D eigenvalue weighted by molar-refractivity contribution is -0.0751. The fourth-order valence-corrected chi connectivity index (χ4v) is 1.09. The molecule has 0 saturated heterocycles. The highest BCUT2D eigenvalue weighted by Gasteiger charge is 2.02. The lowest BCUT2D eigenvalue weighted by Gasteiger charge is -2.14. The lowest BCUT2D eigenvalue weighted by Crippen LogP contribution is -2.20. The summed E-state index contributed by atoms with van der Waals surface area (Å²) in [6.07, 6.45) is 3.75. The molecule has 0 aliphatic rings. The van der Waals surface area contributed by atoms with E-state index in [0.29, 0.717) is 5.92 Å². The van der Waals surface area contributed by atoms with Gasteiger partial charge in [-0.3, -0.25) is 0 Å². The molecule has 2 heteroatoms. The third-order valence-corrected chi connectivity index (χ3v) is 1.63. The molecule has 62 valence electrons. The van der Waals surface area contributed by atoms with Crippen molar-refractivity contribution in [1.82, 2.24) is 5.06 Å². The van der Waals surface area contributed by atoms with Crippen LogP contribution in [0.3, 0.4) is 0 Å². The van der Waals surface area contributed by atoms with Gasteiger partial charge < -0.3 is 5.21 Å². The van der Waals surface area contributed by atoms with Crippen molar-refractivity contribution < 1.29 is 5.21 Å². The molecule has 0 rings (SSSR count). The minimum Gasteiger partial charge on any atom is -0.314 e. The van der Waals surface area contributed by atoms with Gasteiger partial charge in [0.05, 0.1) is 0 Å². The number of hydrogen-bond acceptors (Lipinski definition) is 2. The van der Waals surface area contributed by atoms with E-state index in [2.05, 4.69) is 13.8 Å². The van der Waals surface area contributed by atoms with Crippen molar-refractivity contribution in [2.75, 3.05) is 13.6 Å². The van der Waals surface area contributed by atoms with Crippen LogP contribution in [0.1, 0.15) is 33.1 Å². The quantitative estimate of drug-likeness (QED) is 0.599. The third kappa shape index (κ3) is 6.05. The number of nitrogens with zero attached hydrogens (tertiary/aromatic N) is 1. The standard InChI is InChI=1S/C8H19NO/c1-4-5-6-8(2)7-9(3)10/h8,10H,4-7H2,1-3H3. The van der Waals surface area contributed by atoms with Crippen molar-refractivity contribution in [3.8, 4) is 0 Å². The summed E-state index contributed by atoms with van der Waals surface area (Å²) >= 11 is 0. The Kier molecular flexibility index (Phi) is 5.64. The third-order valence-electron chi connectivity index (χ3n) is 1.63. The summed E-state index contributed by atoms with van der Waals surface area (Å²) in [6, 6.07) is 0. The summed E-state index contributed by atoms with van der Waals surface area (Å²) in [4.78, 5) is 0. The molecule has 1 atom stereocenters. The van der Waals surface area contributed by atoms with Gasteiger partial charge in [0.15, 0.2) is 0 Å². The largest absolute Gasteiger partial charge is 0.314 e. The summed E-state index contributed by atoms with van der Waals surface area (Å²) in [6.45, 7) is 5.15. The minimum absolute atomic E-state index is 0.620. The van der Waals surface area contributed by atoms with Crippen molar-refractivity contribution in [3.05, 3.63) is 0 Å². The molecule has 0 amide bonds. The first kappa shape index (κ1) is 9.92. The fourth-order valence-electron chi connectivity index (χ4n) is 1.09. The molecule has 0 aromatic heterocycles. The molecule has 0 aromatic carbocycles. The van der Waals surface area contributed by atoms with Crippen LogP contribution < -0.4 is 0 Å². The molecule has 0 fully saturated rings. The van der Waals surface area contributed by atoms with Crippen LogP contribution in [0.15, 0.2) is 0 Å². The van der Waals surface area contributed by atoms with Gasteiger partial charge >= 0.3 is 0 Å². The average molecular weight is 145 g/mol. The molecule has 0 heterocycles. The van der Waals surface area contributed by atoms with Gasteiger partial charge in [-0.15, -0.1) is 0 Å². The van der Waals surface area contributed by atoms with Crippen LogP contribution >= 0.6 is 0 Å². The summed E-state index contributed by atoms with van der Waals surface area (Å²) in [5.74, 6) is 0.620. The summed E-state index contributed by atoms with van der Waals surface area (Å²) in [5, 5.41) is 10.1. The van der Waals surface area contributed by atoms with E-state index in [1.54, 1.807) is 7.05 Å². The predicted molar refractivity (Wildman–Crippen MR) is 43.1 cm³/mol. The Hall–Kier alpha value is -0.0800. The topological polar surface area (TPSA) is 23.5 Å². The summed E-state index contributed by atoms with van der Waals surface area (Å²) in [5.41, 5.74) is 0. The second-order valence-corrected chi connectivity index (χ2v) is 3.09. The predicted octanol–water partition coefficient (Wildman–Crippen LogP) is 2.13. The van der Waals surface area contributed by atoms with E-state index in [9.17, 15) is 0 Å². The Morgan fingerprint density at radius 3 is 2.50 bits per heavy atom. The maximum absolute atomic E-state index is 8.86. The van der Waals surface area contributed by atoms with E-state index < -0.39 is 0 Å². The van der Waals surface area contributed by atoms with Gasteiger partial charge in [0.2, 0.25) is 0 Å². The van der Waals surface area contributed by atoms with Crippen LogP contribution in [0.2, 0.25) is 0 Å². The first-order valence-electron chi connectivity index (χ1n) is 4.06. The maximum atomic E-state index is 8.86. The highest BCUT2D eigenvalue weighted by Crippen LogP contribution is 2.07. The van der Waals surface area contributed by atoms with Gasteiger partial charge in [0.25, 0.3) is 0 Å². The Morgan fingerprint density at radius 2 is 2.10 bits per heavy atom. The van der Waals surface area contributed by atoms with E-state index in [0.717, 1.165) is 6.54 Å². The Morgan fingerprint density at radius 1 is 1.50 bits per heavy atom. The van der Waals surface area contributed by atoms with Gasteiger partial charge in [0.1, 0.15) is 0 Å². The second-order valence-electron chi connectivity index (χ2n) is 3.09. The molecule has 0 spiro atoms. The van der Waals surface area contributed by atoms with Gasteiger partial charge in [-0.25, -0.2) is 0 Å².